The van der Waals surface area contributed by atoms with Crippen LogP contribution in [0.5, 0.6) is 5.75 Å². The summed E-state index contributed by atoms with van der Waals surface area (Å²) in [6.07, 6.45) is 1.91. The van der Waals surface area contributed by atoms with Crippen LogP contribution in [0.4, 0.5) is 8.78 Å². The summed E-state index contributed by atoms with van der Waals surface area (Å²) >= 11 is 0. The zero-order valence-electron chi connectivity index (χ0n) is 19.1. The van der Waals surface area contributed by atoms with E-state index in [0.717, 1.165) is 33.3 Å². The molecular formula is C26H27F2N3O3. The normalized spacial score (nSPS) is 28.0. The highest BCUT2D eigenvalue weighted by Gasteiger charge is 2.76. The number of H-pyrrole nitrogens is 1. The number of aromatic carboxylic acids is 1. The van der Waals surface area contributed by atoms with Gasteiger partial charge in [-0.25, -0.2) is 13.6 Å². The van der Waals surface area contributed by atoms with Crippen LogP contribution in [-0.2, 0) is 6.54 Å². The van der Waals surface area contributed by atoms with Crippen molar-refractivity contribution < 1.29 is 23.4 Å². The van der Waals surface area contributed by atoms with Crippen molar-refractivity contribution in [2.75, 3.05) is 26.7 Å². The first-order chi connectivity index (χ1) is 16.3. The fourth-order valence-corrected chi connectivity index (χ4v) is 6.26. The van der Waals surface area contributed by atoms with Crippen molar-refractivity contribution in [3.8, 4) is 5.75 Å². The molecule has 178 valence electrons. The number of methoxy groups -OCH3 is 1. The van der Waals surface area contributed by atoms with E-state index >= 15 is 0 Å². The molecule has 0 bridgehead atoms. The third-order valence-electron chi connectivity index (χ3n) is 8.08. The minimum Gasteiger partial charge on any atom is -0.496 e. The minimum absolute atomic E-state index is 0.0368. The fraction of sp³-hybridized carbons (Fsp3) is 0.423. The van der Waals surface area contributed by atoms with E-state index in [1.807, 2.05) is 37.4 Å². The molecule has 6 nitrogen and oxygen atoms in total. The van der Waals surface area contributed by atoms with Gasteiger partial charge in [-0.1, -0.05) is 12.1 Å². The van der Waals surface area contributed by atoms with Crippen LogP contribution in [0.2, 0.25) is 0 Å². The average molecular weight is 468 g/mol. The molecule has 6 rings (SSSR count). The Hall–Kier alpha value is -2.97. The van der Waals surface area contributed by atoms with E-state index in [2.05, 4.69) is 14.8 Å². The zero-order chi connectivity index (χ0) is 23.8. The minimum atomic E-state index is -2.56. The predicted octanol–water partition coefficient (Wildman–Crippen LogP) is 4.31. The number of aryl methyl sites for hydroxylation is 1. The molecule has 0 radical (unpaired) electrons. The van der Waals surface area contributed by atoms with Gasteiger partial charge in [-0.05, 0) is 42.3 Å². The molecule has 8 heteroatoms. The highest BCUT2D eigenvalue weighted by Crippen LogP contribution is 2.63. The first-order valence-electron chi connectivity index (χ1n) is 11.6. The van der Waals surface area contributed by atoms with Crippen LogP contribution >= 0.6 is 0 Å². The van der Waals surface area contributed by atoms with Gasteiger partial charge in [0.25, 0.3) is 5.92 Å². The number of nitrogens with zero attached hydrogens (tertiary/aromatic N) is 2. The first kappa shape index (κ1) is 21.6. The zero-order valence-corrected chi connectivity index (χ0v) is 19.1. The number of hydrogen-bond acceptors (Lipinski definition) is 4. The van der Waals surface area contributed by atoms with Crippen molar-refractivity contribution in [3.63, 3.8) is 0 Å². The number of aromatic amines is 1. The second-order valence-corrected chi connectivity index (χ2v) is 9.84. The number of ether oxygens (including phenoxy) is 1. The van der Waals surface area contributed by atoms with E-state index in [-0.39, 0.29) is 17.6 Å². The molecule has 1 aliphatic carbocycles. The Labute approximate surface area is 196 Å². The van der Waals surface area contributed by atoms with Crippen LogP contribution < -0.4 is 4.74 Å². The molecule has 2 aliphatic heterocycles. The van der Waals surface area contributed by atoms with Gasteiger partial charge in [0, 0.05) is 72.8 Å². The average Bonchev–Trinajstić information content (AvgIpc) is 3.22. The van der Waals surface area contributed by atoms with E-state index in [1.54, 1.807) is 19.2 Å². The number of halogens is 2. The molecule has 0 amide bonds. The number of piperidine rings is 1. The van der Waals surface area contributed by atoms with Crippen molar-refractivity contribution in [1.82, 2.24) is 14.8 Å². The largest absolute Gasteiger partial charge is 0.496 e. The number of nitrogens with one attached hydrogen (secondary N) is 1. The van der Waals surface area contributed by atoms with Crippen molar-refractivity contribution in [2.45, 2.75) is 31.5 Å². The first-order valence-corrected chi connectivity index (χ1v) is 11.6. The lowest BCUT2D eigenvalue weighted by Gasteiger charge is -2.45. The maximum atomic E-state index is 14.3. The SMILES string of the molecule is COc1cc(C)c2[nH]ccc2c1CN1CC2C3C(CN2CC1c1ccc(C(=O)O)cc1)C3(F)F. The van der Waals surface area contributed by atoms with Gasteiger partial charge in [0.05, 0.1) is 12.7 Å². The number of piperazine rings is 1. The number of fused-ring (bicyclic) bond motifs is 4. The summed E-state index contributed by atoms with van der Waals surface area (Å²) in [4.78, 5) is 19.1. The Balaban J connectivity index is 1.38. The number of benzene rings is 2. The van der Waals surface area contributed by atoms with Gasteiger partial charge in [0.15, 0.2) is 0 Å². The molecule has 3 aliphatic rings. The Morgan fingerprint density at radius 2 is 1.97 bits per heavy atom. The van der Waals surface area contributed by atoms with Crippen LogP contribution in [-0.4, -0.2) is 64.6 Å². The summed E-state index contributed by atoms with van der Waals surface area (Å²) in [5, 5.41) is 10.4. The second-order valence-electron chi connectivity index (χ2n) is 9.84. The molecule has 3 heterocycles. The third kappa shape index (κ3) is 3.15. The Bertz CT molecular complexity index is 1270. The number of carboxylic acids is 1. The molecule has 4 atom stereocenters. The summed E-state index contributed by atoms with van der Waals surface area (Å²) in [5.41, 5.74) is 4.39. The quantitative estimate of drug-likeness (QED) is 0.586. The molecule has 3 fully saturated rings. The van der Waals surface area contributed by atoms with E-state index in [9.17, 15) is 18.7 Å². The number of rotatable bonds is 5. The summed E-state index contributed by atoms with van der Waals surface area (Å²) in [5.74, 6) is -3.85. The summed E-state index contributed by atoms with van der Waals surface area (Å²) < 4.78 is 34.4. The predicted molar refractivity (Wildman–Crippen MR) is 123 cm³/mol. The van der Waals surface area contributed by atoms with E-state index < -0.39 is 23.7 Å². The van der Waals surface area contributed by atoms with Gasteiger partial charge >= 0.3 is 5.97 Å². The van der Waals surface area contributed by atoms with Crippen molar-refractivity contribution in [1.29, 1.82) is 0 Å². The Morgan fingerprint density at radius 3 is 2.68 bits per heavy atom. The molecule has 1 aromatic heterocycles. The maximum Gasteiger partial charge on any atom is 0.335 e. The van der Waals surface area contributed by atoms with Gasteiger partial charge in [-0.2, -0.15) is 0 Å². The van der Waals surface area contributed by atoms with Gasteiger partial charge < -0.3 is 14.8 Å². The molecule has 4 unspecified atom stereocenters. The van der Waals surface area contributed by atoms with Crippen LogP contribution in [0.3, 0.4) is 0 Å². The van der Waals surface area contributed by atoms with Gasteiger partial charge in [-0.15, -0.1) is 0 Å². The molecule has 2 saturated heterocycles. The summed E-state index contributed by atoms with van der Waals surface area (Å²) in [6.45, 7) is 4.19. The van der Waals surface area contributed by atoms with Gasteiger partial charge in [0.2, 0.25) is 0 Å². The van der Waals surface area contributed by atoms with Crippen LogP contribution in [0.15, 0.2) is 42.6 Å². The standard InChI is InChI=1S/C26H27F2N3O3/c1-14-9-22(34-2)18(17-7-8-29-24(14)17)10-30-13-21-23-19(26(23,27)28)11-31(21)12-20(30)15-3-5-16(6-4-15)25(32)33/h3-9,19-21,23,29H,10-13H2,1-2H3,(H,32,33). The summed E-state index contributed by atoms with van der Waals surface area (Å²) in [7, 11) is 1.66. The number of hydrogen-bond donors (Lipinski definition) is 2. The van der Waals surface area contributed by atoms with Gasteiger partial charge in [-0.3, -0.25) is 9.80 Å². The van der Waals surface area contributed by atoms with E-state index in [0.29, 0.717) is 26.2 Å². The van der Waals surface area contributed by atoms with Crippen molar-refractivity contribution >= 4 is 16.9 Å². The van der Waals surface area contributed by atoms with Gasteiger partial charge in [0.1, 0.15) is 5.75 Å². The van der Waals surface area contributed by atoms with Crippen molar-refractivity contribution in [2.24, 2.45) is 11.8 Å². The van der Waals surface area contributed by atoms with Crippen LogP contribution in [0.25, 0.3) is 10.9 Å². The van der Waals surface area contributed by atoms with Crippen LogP contribution in [0.1, 0.15) is 33.1 Å². The monoisotopic (exact) mass is 467 g/mol. The molecule has 1 saturated carbocycles. The Morgan fingerprint density at radius 1 is 1.21 bits per heavy atom. The number of alkyl halides is 2. The number of aromatic nitrogens is 1. The second kappa shape index (κ2) is 7.52. The molecule has 2 aromatic carbocycles. The van der Waals surface area contributed by atoms with Crippen molar-refractivity contribution in [3.05, 3.63) is 64.8 Å². The molecule has 2 N–H and O–H groups in total. The third-order valence-corrected chi connectivity index (χ3v) is 8.08. The van der Waals surface area contributed by atoms with E-state index in [4.69, 9.17) is 4.74 Å². The smallest absolute Gasteiger partial charge is 0.335 e. The highest BCUT2D eigenvalue weighted by atomic mass is 19.3. The molecule has 3 aromatic rings. The fourth-order valence-electron chi connectivity index (χ4n) is 6.26. The topological polar surface area (TPSA) is 68.8 Å². The maximum absolute atomic E-state index is 14.3. The molecular weight excluding hydrogens is 440 g/mol. The lowest BCUT2D eigenvalue weighted by molar-refractivity contribution is -0.0208. The lowest BCUT2D eigenvalue weighted by Crippen LogP contribution is -2.54. The van der Waals surface area contributed by atoms with Crippen LogP contribution in [0, 0.1) is 18.8 Å². The number of carboxylic acid groups (broad SMARTS) is 1. The Kier molecular flexibility index (Phi) is 4.76. The van der Waals surface area contributed by atoms with E-state index in [1.165, 1.54) is 0 Å². The molecule has 0 spiro atoms. The highest BCUT2D eigenvalue weighted by molar-refractivity contribution is 5.88. The lowest BCUT2D eigenvalue weighted by atomic mass is 9.95. The number of carbonyl (C=O) groups is 1. The summed E-state index contributed by atoms with van der Waals surface area (Å²) in [6, 6.07) is 10.8. The molecule has 34 heavy (non-hydrogen) atoms.